The number of aromatic nitrogens is 2. The number of nitrogens with one attached hydrogen (secondary N) is 1. The predicted molar refractivity (Wildman–Crippen MR) is 45.6 cm³/mol. The van der Waals surface area contributed by atoms with Gasteiger partial charge in [0.15, 0.2) is 5.69 Å². The minimum atomic E-state index is -4.37. The summed E-state index contributed by atoms with van der Waals surface area (Å²) in [6.45, 7) is 1.78. The second-order valence-corrected chi connectivity index (χ2v) is 3.07. The van der Waals surface area contributed by atoms with Crippen LogP contribution in [0.25, 0.3) is 0 Å². The van der Waals surface area contributed by atoms with Crippen LogP contribution in [0.3, 0.4) is 0 Å². The van der Waals surface area contributed by atoms with E-state index in [-0.39, 0.29) is 10.9 Å². The first-order chi connectivity index (χ1) is 6.00. The summed E-state index contributed by atoms with van der Waals surface area (Å²) in [6, 6.07) is 0. The quantitative estimate of drug-likeness (QED) is 0.811. The van der Waals surface area contributed by atoms with Gasteiger partial charge in [-0.3, -0.25) is 5.10 Å². The molecule has 0 aliphatic heterocycles. The molecule has 0 saturated carbocycles. The van der Waals surface area contributed by atoms with Crippen LogP contribution in [0.1, 0.15) is 23.9 Å². The molecule has 1 aromatic rings. The first kappa shape index (κ1) is 10.6. The molecule has 74 valence electrons. The molecular weight excluding hydrogens is 249 g/mol. The van der Waals surface area contributed by atoms with Crippen molar-refractivity contribution in [3.8, 4) is 0 Å². The van der Waals surface area contributed by atoms with Crippen LogP contribution in [0.5, 0.6) is 0 Å². The van der Waals surface area contributed by atoms with E-state index in [0.29, 0.717) is 12.1 Å². The van der Waals surface area contributed by atoms with Gasteiger partial charge in [0.25, 0.3) is 0 Å². The Balaban J connectivity index is 3.16. The normalized spacial score (nSPS) is 12.1. The third-order valence-electron chi connectivity index (χ3n) is 1.71. The monoisotopic (exact) mass is 256 g/mol. The Labute approximate surface area is 81.7 Å². The lowest BCUT2D eigenvalue weighted by molar-refractivity contribution is -0.141. The van der Waals surface area contributed by atoms with Crippen LogP contribution in [0.4, 0.5) is 13.2 Å². The molecule has 13 heavy (non-hydrogen) atoms. The lowest BCUT2D eigenvalue weighted by Crippen LogP contribution is -2.08. The molecule has 0 bridgehead atoms. The molecule has 1 aromatic heterocycles. The van der Waals surface area contributed by atoms with Crippen LogP contribution < -0.4 is 0 Å². The molecule has 0 aliphatic rings. The average Bonchev–Trinajstić information content (AvgIpc) is 2.45. The Morgan fingerprint density at radius 3 is 2.46 bits per heavy atom. The number of H-pyrrole nitrogens is 1. The Morgan fingerprint density at radius 1 is 1.46 bits per heavy atom. The first-order valence-electron chi connectivity index (χ1n) is 3.70. The Morgan fingerprint density at radius 2 is 2.08 bits per heavy atom. The number of nitrogens with zero attached hydrogens (tertiary/aromatic N) is 1. The van der Waals surface area contributed by atoms with E-state index in [0.717, 1.165) is 0 Å². The van der Waals surface area contributed by atoms with E-state index in [4.69, 9.17) is 0 Å². The van der Waals surface area contributed by atoms with Crippen molar-refractivity contribution in [2.24, 2.45) is 0 Å². The van der Waals surface area contributed by atoms with E-state index in [9.17, 15) is 13.2 Å². The third kappa shape index (κ3) is 2.04. The van der Waals surface area contributed by atoms with Gasteiger partial charge in [-0.1, -0.05) is 22.9 Å². The summed E-state index contributed by atoms with van der Waals surface area (Å²) in [6.07, 6.45) is -3.85. The number of hydrogen-bond acceptors (Lipinski definition) is 1. The number of aryl methyl sites for hydroxylation is 1. The van der Waals surface area contributed by atoms with Crippen molar-refractivity contribution in [1.29, 1.82) is 0 Å². The second-order valence-electron chi connectivity index (χ2n) is 2.51. The van der Waals surface area contributed by atoms with Crippen LogP contribution in [-0.4, -0.2) is 10.2 Å². The van der Waals surface area contributed by atoms with Gasteiger partial charge in [-0.25, -0.2) is 0 Å². The first-order valence-corrected chi connectivity index (χ1v) is 4.82. The Kier molecular flexibility index (Phi) is 3.00. The van der Waals surface area contributed by atoms with Crippen LogP contribution in [0, 0.1) is 0 Å². The van der Waals surface area contributed by atoms with Crippen LogP contribution in [0.2, 0.25) is 0 Å². The summed E-state index contributed by atoms with van der Waals surface area (Å²) in [7, 11) is 0. The van der Waals surface area contributed by atoms with E-state index in [1.165, 1.54) is 0 Å². The van der Waals surface area contributed by atoms with Gasteiger partial charge in [0.1, 0.15) is 0 Å². The summed E-state index contributed by atoms with van der Waals surface area (Å²) >= 11 is 3.01. The average molecular weight is 257 g/mol. The van der Waals surface area contributed by atoms with Gasteiger partial charge < -0.3 is 0 Å². The lowest BCUT2D eigenvalue weighted by Gasteiger charge is -2.04. The van der Waals surface area contributed by atoms with Gasteiger partial charge in [-0.2, -0.15) is 18.3 Å². The number of rotatable bonds is 2. The molecule has 0 aliphatic carbocycles. The van der Waals surface area contributed by atoms with Crippen molar-refractivity contribution in [3.05, 3.63) is 17.0 Å². The molecule has 1 rings (SSSR count). The fourth-order valence-electron chi connectivity index (χ4n) is 1.07. The number of halogens is 4. The lowest BCUT2D eigenvalue weighted by atomic mass is 10.2. The van der Waals surface area contributed by atoms with E-state index < -0.39 is 11.9 Å². The van der Waals surface area contributed by atoms with E-state index >= 15 is 0 Å². The molecule has 0 atom stereocenters. The highest BCUT2D eigenvalue weighted by atomic mass is 79.9. The van der Waals surface area contributed by atoms with Crippen molar-refractivity contribution < 1.29 is 13.2 Å². The molecular formula is C7H8BrF3N2. The van der Waals surface area contributed by atoms with Crippen molar-refractivity contribution in [1.82, 2.24) is 10.2 Å². The zero-order valence-corrected chi connectivity index (χ0v) is 8.46. The highest BCUT2D eigenvalue weighted by Crippen LogP contribution is 2.32. The molecule has 0 unspecified atom stereocenters. The minimum Gasteiger partial charge on any atom is -0.282 e. The third-order valence-corrected chi connectivity index (χ3v) is 2.27. The standard InChI is InChI=1S/C7H8BrF3N2/c1-2-5-4(3-8)6(13-12-5)7(9,10)11/h2-3H2,1H3,(H,12,13). The van der Waals surface area contributed by atoms with Crippen LogP contribution >= 0.6 is 15.9 Å². The zero-order chi connectivity index (χ0) is 10.1. The summed E-state index contributed by atoms with van der Waals surface area (Å²) in [5, 5.41) is 5.80. The van der Waals surface area contributed by atoms with Crippen molar-refractivity contribution in [2.45, 2.75) is 24.9 Å². The van der Waals surface area contributed by atoms with Gasteiger partial charge in [-0.05, 0) is 6.42 Å². The maximum Gasteiger partial charge on any atom is 0.435 e. The summed E-state index contributed by atoms with van der Waals surface area (Å²) in [5.41, 5.74) is -0.0829. The van der Waals surface area contributed by atoms with Crippen molar-refractivity contribution >= 4 is 15.9 Å². The van der Waals surface area contributed by atoms with Crippen LogP contribution in [0.15, 0.2) is 0 Å². The summed E-state index contributed by atoms with van der Waals surface area (Å²) in [5.74, 6) is 0. The van der Waals surface area contributed by atoms with Gasteiger partial charge >= 0.3 is 6.18 Å². The molecule has 2 nitrogen and oxygen atoms in total. The zero-order valence-electron chi connectivity index (χ0n) is 6.87. The molecule has 6 heteroatoms. The summed E-state index contributed by atoms with van der Waals surface area (Å²) in [4.78, 5) is 0. The smallest absolute Gasteiger partial charge is 0.282 e. The van der Waals surface area contributed by atoms with Crippen molar-refractivity contribution in [2.75, 3.05) is 0 Å². The fraction of sp³-hybridized carbons (Fsp3) is 0.571. The molecule has 0 saturated heterocycles. The van der Waals surface area contributed by atoms with Gasteiger partial charge in [0, 0.05) is 16.6 Å². The molecule has 1 heterocycles. The largest absolute Gasteiger partial charge is 0.435 e. The Hall–Kier alpha value is -0.520. The maximum atomic E-state index is 12.3. The topological polar surface area (TPSA) is 28.7 Å². The Bertz CT molecular complexity index is 292. The predicted octanol–water partition coefficient (Wildman–Crippen LogP) is 2.89. The fourth-order valence-corrected chi connectivity index (χ4v) is 1.68. The molecule has 0 amide bonds. The molecule has 1 N–H and O–H groups in total. The number of alkyl halides is 4. The minimum absolute atomic E-state index is 0.168. The highest BCUT2D eigenvalue weighted by molar-refractivity contribution is 9.08. The van der Waals surface area contributed by atoms with E-state index in [1.807, 2.05) is 0 Å². The van der Waals surface area contributed by atoms with Gasteiger partial charge in [0.2, 0.25) is 0 Å². The second kappa shape index (κ2) is 3.69. The SMILES string of the molecule is CCc1[nH]nc(C(F)(F)F)c1CBr. The van der Waals surface area contributed by atoms with Gasteiger partial charge in [-0.15, -0.1) is 0 Å². The molecule has 0 fully saturated rings. The molecule has 0 radical (unpaired) electrons. The van der Waals surface area contributed by atoms with E-state index in [1.54, 1.807) is 6.92 Å². The van der Waals surface area contributed by atoms with E-state index in [2.05, 4.69) is 26.1 Å². The highest BCUT2D eigenvalue weighted by Gasteiger charge is 2.37. The van der Waals surface area contributed by atoms with Crippen LogP contribution in [-0.2, 0) is 17.9 Å². The molecule has 0 spiro atoms. The number of hydrogen-bond donors (Lipinski definition) is 1. The summed E-state index contributed by atoms with van der Waals surface area (Å²) < 4.78 is 36.8. The number of aromatic amines is 1. The van der Waals surface area contributed by atoms with Crippen molar-refractivity contribution in [3.63, 3.8) is 0 Å². The van der Waals surface area contributed by atoms with Gasteiger partial charge in [0.05, 0.1) is 0 Å². The maximum absolute atomic E-state index is 12.3. The molecule has 0 aromatic carbocycles.